The van der Waals surface area contributed by atoms with Crippen molar-refractivity contribution < 1.29 is 33.6 Å². The van der Waals surface area contributed by atoms with Crippen LogP contribution in [0, 0.1) is 5.82 Å². The summed E-state index contributed by atoms with van der Waals surface area (Å²) in [6.45, 7) is 70.9. The maximum atomic E-state index is 14.4. The van der Waals surface area contributed by atoms with Crippen LogP contribution in [0.1, 0.15) is 319 Å². The summed E-state index contributed by atoms with van der Waals surface area (Å²) in [5, 5.41) is 21.9. The molecular weight excluding hydrogens is 1750 g/mol. The number of nitrogens with one attached hydrogen (secondary N) is 1. The minimum atomic E-state index is -0.489. The van der Waals surface area contributed by atoms with Gasteiger partial charge >= 0.3 is 0 Å². The van der Waals surface area contributed by atoms with Crippen LogP contribution in [0.15, 0.2) is 189 Å². The van der Waals surface area contributed by atoms with Gasteiger partial charge in [0.25, 0.3) is 0 Å². The third-order valence-corrected chi connectivity index (χ3v) is 31.4. The molecule has 1 aromatic heterocycles. The van der Waals surface area contributed by atoms with Crippen molar-refractivity contribution in [2.45, 2.75) is 311 Å². The van der Waals surface area contributed by atoms with Crippen molar-refractivity contribution in [3.05, 3.63) is 244 Å². The number of ether oxygens (including phenoxy) is 4. The van der Waals surface area contributed by atoms with E-state index in [-0.39, 0.29) is 19.3 Å². The van der Waals surface area contributed by atoms with Gasteiger partial charge in [-0.2, -0.15) is 0 Å². The number of fused-ring (bicyclic) bond motifs is 1. The summed E-state index contributed by atoms with van der Waals surface area (Å²) in [6, 6.07) is 64.4. The van der Waals surface area contributed by atoms with Crippen LogP contribution in [0.5, 0.6) is 5.75 Å². The Morgan fingerprint density at radius 2 is 0.794 bits per heavy atom. The lowest BCUT2D eigenvalue weighted by atomic mass is 9.89. The molecule has 12 aliphatic rings. The van der Waals surface area contributed by atoms with Crippen LogP contribution in [0.2, 0.25) is 0 Å². The molecule has 9 saturated heterocycles. The average Bonchev–Trinajstić information content (AvgIpc) is 1.75. The lowest BCUT2D eigenvalue weighted by molar-refractivity contribution is -0.131. The molecule has 2 aliphatic carbocycles. The smallest absolute Gasteiger partial charge is 0.190 e. The van der Waals surface area contributed by atoms with Gasteiger partial charge < -0.3 is 63.9 Å². The van der Waals surface area contributed by atoms with Gasteiger partial charge in [-0.25, -0.2) is 9.37 Å². The van der Waals surface area contributed by atoms with Gasteiger partial charge in [0.15, 0.2) is 11.6 Å². The van der Waals surface area contributed by atoms with Crippen LogP contribution in [-0.4, -0.2) is 240 Å². The number of aromatic nitrogens is 1. The molecule has 774 valence electrons. The number of hydrogen-bond acceptors (Lipinski definition) is 18. The first-order valence-corrected chi connectivity index (χ1v) is 54.4. The van der Waals surface area contributed by atoms with Gasteiger partial charge in [0.05, 0.1) is 41.8 Å². The van der Waals surface area contributed by atoms with E-state index in [1.807, 2.05) is 31.3 Å². The number of β-amino-alcohol motifs (C(OH)–C–C–N with tert-alkyl or cyclic N) is 2. The van der Waals surface area contributed by atoms with Crippen molar-refractivity contribution in [3.63, 3.8) is 0 Å². The molecule has 20 rings (SSSR count). The van der Waals surface area contributed by atoms with Gasteiger partial charge in [-0.05, 0) is 261 Å². The Kier molecular flexibility index (Phi) is 42.2. The molecule has 11 heterocycles. The van der Waals surface area contributed by atoms with E-state index in [1.54, 1.807) is 6.07 Å². The quantitative estimate of drug-likeness (QED) is 0.0708. The molecule has 0 unspecified atom stereocenters. The van der Waals surface area contributed by atoms with Crippen molar-refractivity contribution in [1.29, 1.82) is 0 Å². The second kappa shape index (κ2) is 53.5. The molecule has 1 atom stereocenters. The Morgan fingerprint density at radius 1 is 0.397 bits per heavy atom. The van der Waals surface area contributed by atoms with Crippen LogP contribution in [0.25, 0.3) is 0 Å². The van der Waals surface area contributed by atoms with E-state index in [4.69, 9.17) is 24.1 Å². The van der Waals surface area contributed by atoms with Gasteiger partial charge in [-0.3, -0.25) is 19.6 Å². The number of halogens is 1. The van der Waals surface area contributed by atoms with Gasteiger partial charge in [-0.15, -0.1) is 0 Å². The fourth-order valence-electron chi connectivity index (χ4n) is 21.3. The topological polar surface area (TPSA) is 135 Å². The number of benzene rings is 7. The van der Waals surface area contributed by atoms with Crippen molar-refractivity contribution in [3.8, 4) is 5.75 Å². The number of aliphatic hydroxyl groups excluding tert-OH is 1. The van der Waals surface area contributed by atoms with Crippen LogP contribution in [0.4, 0.5) is 44.3 Å². The Hall–Kier alpha value is -8.60. The van der Waals surface area contributed by atoms with E-state index in [2.05, 4.69) is 336 Å². The number of piperazine rings is 4. The van der Waals surface area contributed by atoms with E-state index >= 15 is 0 Å². The molecule has 0 radical (unpaired) electrons. The van der Waals surface area contributed by atoms with E-state index < -0.39 is 5.60 Å². The molecule has 0 spiro atoms. The van der Waals surface area contributed by atoms with E-state index in [1.165, 1.54) is 177 Å². The Bertz CT molecular complexity index is 4940. The van der Waals surface area contributed by atoms with Crippen LogP contribution < -0.4 is 39.5 Å². The Morgan fingerprint density at radius 3 is 1.21 bits per heavy atom. The molecule has 2 saturated carbocycles. The highest BCUT2D eigenvalue weighted by Gasteiger charge is 2.42. The number of nitrogens with zero attached hydrogens (tertiary/aromatic N) is 11. The molecule has 3 N–H and O–H groups in total. The number of hydrogen-bond donors (Lipinski definition) is 3. The van der Waals surface area contributed by atoms with Crippen LogP contribution in [-0.2, 0) is 14.2 Å². The highest BCUT2D eigenvalue weighted by Crippen LogP contribution is 2.39. The van der Waals surface area contributed by atoms with Crippen LogP contribution >= 0.6 is 0 Å². The highest BCUT2D eigenvalue weighted by atomic mass is 19.1. The molecule has 8 aromatic rings. The summed E-state index contributed by atoms with van der Waals surface area (Å²) in [7, 11) is 0. The predicted octanol–water partition coefficient (Wildman–Crippen LogP) is 25.3. The van der Waals surface area contributed by atoms with Crippen molar-refractivity contribution in [1.82, 2.24) is 24.6 Å². The monoisotopic (exact) mass is 1930 g/mol. The number of anilines is 7. The highest BCUT2D eigenvalue weighted by molar-refractivity contribution is 5.65. The second-order valence-electron chi connectivity index (χ2n) is 44.9. The molecule has 7 aromatic carbocycles. The first-order chi connectivity index (χ1) is 67.2. The first-order valence-electron chi connectivity index (χ1n) is 54.4. The number of aliphatic hydroxyl groups is 2. The van der Waals surface area contributed by atoms with Crippen LogP contribution in [0.3, 0.4) is 0 Å². The molecule has 10 aliphatic heterocycles. The minimum absolute atomic E-state index is 0. The standard InChI is InChI=1S/C19H29FN2.C18H28N2O.C18H28N2.C17H26N2O.C14H20O.C13H19NO.C11H16N2O.C11H13NO.CH4/c1-15(2)16-8-9-19(18(20)14-16)22-12-10-21(11-13-22)17-6-4-3-5-7-17;1-15(2)16-3-5-17(6-4-16)19-9-11-20(12-10-19)18-7-13-21-14-8-18;1-14(2)16-7-9-17(10-8-16)19-11-12-20(15(3)13-19)18-5-4-6-18;1-14(2)15-4-6-16(7-5-15)18-8-10-19(11-9-18)17(3)12-20-13-17;1-11(2)12-3-5-13(6-4-12)14-7-9-15-10-8-14;1-10(2)11-4-6-12(7-5-11)14-8-13(3,15)9-14;1-8(2)9-3-4-11(12-5-9)13-6-10(14)7-13;1-7(2)9-4-5-11-10(6-9)12-8(3)13-11;/h8-9,14-15,17H,3-7,10-13H2,1-2H3;3-6,15,18H,7-14H2,1-2H3;7-10,14-15,18H,4-6,11-13H2,1-3H3;4-7,14H,8-13H2,1-3H3;3-6,11,14H,7-10H2,1-2H3;4-7,10,15H,8-9H2,1-3H3;3-5,8,10,14H,6-7H2,1-2H3;4-7,12H,3H2,1-2H3;1H4/t;;15-;;;;;;/m..0....../s1. The molecule has 11 fully saturated rings. The summed E-state index contributed by atoms with van der Waals surface area (Å²) in [6.07, 6.45) is 17.7. The van der Waals surface area contributed by atoms with Gasteiger partial charge in [0, 0.05) is 204 Å². The zero-order valence-corrected chi connectivity index (χ0v) is 89.5. The number of pyridine rings is 1. The summed E-state index contributed by atoms with van der Waals surface area (Å²) in [4.78, 5) is 29.1. The maximum Gasteiger partial charge on any atom is 0.190 e. The third kappa shape index (κ3) is 32.0. The van der Waals surface area contributed by atoms with Crippen molar-refractivity contribution in [2.75, 3.05) is 199 Å². The molecule has 141 heavy (non-hydrogen) atoms. The second-order valence-corrected chi connectivity index (χ2v) is 44.9. The molecular formula is C122H183FN12O6. The fraction of sp³-hybridized carbons (Fsp3) is 0.598. The van der Waals surface area contributed by atoms with E-state index in [9.17, 15) is 9.50 Å². The zero-order chi connectivity index (χ0) is 99.7. The SMILES string of the molecule is C.C=C1Nc2cc(C(C)C)ccc2O1.CC(C)c1ccc(C2CCOCC2)cc1.CC(C)c1ccc(N2CC(C)(O)C2)cc1.CC(C)c1ccc(N2CC(O)C2)nc1.CC(C)c1ccc(N2CCN(C3(C)COC3)CC2)cc1.CC(C)c1ccc(N2CCN(C3CCC3)[C@@H](C)C2)cc1.CC(C)c1ccc(N2CCN(C3CCCCC3)CC2)c(F)c1.CC(C)c1ccc(N2CCN(C3CCOCC3)CC2)cc1. The number of rotatable bonds is 19. The molecule has 0 bridgehead atoms. The molecule has 18 nitrogen and oxygen atoms in total. The molecule has 0 amide bonds. The van der Waals surface area contributed by atoms with E-state index in [0.29, 0.717) is 77.9 Å². The predicted molar refractivity (Wildman–Crippen MR) is 593 cm³/mol. The summed E-state index contributed by atoms with van der Waals surface area (Å²) >= 11 is 0. The van der Waals surface area contributed by atoms with Gasteiger partial charge in [0.2, 0.25) is 0 Å². The minimum Gasteiger partial charge on any atom is -0.440 e. The zero-order valence-electron chi connectivity index (χ0n) is 89.5. The van der Waals surface area contributed by atoms with E-state index in [0.717, 1.165) is 171 Å². The average molecular weight is 1930 g/mol. The lowest BCUT2D eigenvalue weighted by Gasteiger charge is -2.50. The fourth-order valence-corrected chi connectivity index (χ4v) is 21.3. The summed E-state index contributed by atoms with van der Waals surface area (Å²) < 4.78 is 36.0. The lowest BCUT2D eigenvalue weighted by Crippen LogP contribution is -2.64. The summed E-state index contributed by atoms with van der Waals surface area (Å²) in [5.41, 5.74) is 19.2. The van der Waals surface area contributed by atoms with Crippen molar-refractivity contribution in [2.24, 2.45) is 0 Å². The first kappa shape index (κ1) is 111. The normalized spacial score (nSPS) is 20.4. The van der Waals surface area contributed by atoms with Gasteiger partial charge in [0.1, 0.15) is 11.6 Å². The van der Waals surface area contributed by atoms with Gasteiger partial charge in [-0.1, -0.05) is 235 Å². The third-order valence-electron chi connectivity index (χ3n) is 31.4. The largest absolute Gasteiger partial charge is 0.440 e. The Labute approximate surface area is 852 Å². The maximum absolute atomic E-state index is 14.4. The Balaban J connectivity index is 0.000000145. The molecule has 19 heteroatoms. The van der Waals surface area contributed by atoms with Crippen molar-refractivity contribution >= 4 is 39.9 Å². The summed E-state index contributed by atoms with van der Waals surface area (Å²) in [5.74, 6) is 7.63.